The second kappa shape index (κ2) is 35.7. The highest BCUT2D eigenvalue weighted by Crippen LogP contribution is 2.28. The van der Waals surface area contributed by atoms with Crippen LogP contribution in [-0.4, -0.2) is 30.2 Å². The summed E-state index contributed by atoms with van der Waals surface area (Å²) in [4.78, 5) is 22.4. The highest BCUT2D eigenvalue weighted by Gasteiger charge is 2.24. The van der Waals surface area contributed by atoms with Crippen molar-refractivity contribution >= 4 is 11.9 Å². The first-order valence-corrected chi connectivity index (χ1v) is 20.1. The molecule has 0 spiro atoms. The number of hydrogen-bond donors (Lipinski definition) is 2. The Morgan fingerprint density at radius 1 is 0.533 bits per heavy atom. The Labute approximate surface area is 281 Å². The minimum atomic E-state index is -0.638. The number of esters is 1. The van der Waals surface area contributed by atoms with Gasteiger partial charge in [0.25, 0.3) is 0 Å². The van der Waals surface area contributed by atoms with Gasteiger partial charge < -0.3 is 15.6 Å². The molecule has 1 rings (SSSR count). The molecule has 0 aromatic heterocycles. The Kier molecular flexibility index (Phi) is 34.9. The van der Waals surface area contributed by atoms with Gasteiger partial charge in [-0.2, -0.15) is 0 Å². The predicted molar refractivity (Wildman–Crippen MR) is 194 cm³/mol. The quantitative estimate of drug-likeness (QED) is 0.0583. The van der Waals surface area contributed by atoms with Gasteiger partial charge in [-0.15, -0.1) is 0 Å². The number of carboxylic acids is 1. The molecule has 0 radical (unpaired) electrons. The molecule has 268 valence electrons. The van der Waals surface area contributed by atoms with Crippen LogP contribution in [0, 0.1) is 11.8 Å². The van der Waals surface area contributed by atoms with Crippen molar-refractivity contribution in [3.05, 3.63) is 0 Å². The average Bonchev–Trinajstić information content (AvgIpc) is 3.05. The van der Waals surface area contributed by atoms with Gasteiger partial charge in [0, 0.05) is 6.42 Å². The molecular formula is C40H79NO4. The van der Waals surface area contributed by atoms with E-state index in [-0.39, 0.29) is 11.9 Å². The van der Waals surface area contributed by atoms with Crippen LogP contribution >= 0.6 is 0 Å². The van der Waals surface area contributed by atoms with Gasteiger partial charge in [-0.3, -0.25) is 9.59 Å². The summed E-state index contributed by atoms with van der Waals surface area (Å²) in [5.41, 5.74) is 5.48. The molecular weight excluding hydrogens is 558 g/mol. The molecule has 0 aliphatic heterocycles. The maximum Gasteiger partial charge on any atom is 0.306 e. The Balaban J connectivity index is 0.00000146. The molecule has 1 saturated carbocycles. The lowest BCUT2D eigenvalue weighted by Crippen LogP contribution is -2.25. The van der Waals surface area contributed by atoms with Gasteiger partial charge in [0.2, 0.25) is 0 Å². The molecule has 45 heavy (non-hydrogen) atoms. The van der Waals surface area contributed by atoms with E-state index < -0.39 is 5.97 Å². The summed E-state index contributed by atoms with van der Waals surface area (Å²) >= 11 is 0. The Hall–Kier alpha value is -1.10. The van der Waals surface area contributed by atoms with Crippen molar-refractivity contribution < 1.29 is 19.4 Å². The molecule has 0 amide bonds. The summed E-state index contributed by atoms with van der Waals surface area (Å²) in [6.45, 7) is 5.92. The van der Waals surface area contributed by atoms with E-state index in [0.717, 1.165) is 38.5 Å². The first-order valence-electron chi connectivity index (χ1n) is 20.1. The molecule has 1 aliphatic carbocycles. The summed E-state index contributed by atoms with van der Waals surface area (Å²) in [6, 6.07) is 0. The van der Waals surface area contributed by atoms with Crippen LogP contribution in [0.2, 0.25) is 0 Å². The van der Waals surface area contributed by atoms with Crippen LogP contribution < -0.4 is 5.73 Å². The summed E-state index contributed by atoms with van der Waals surface area (Å²) in [5.74, 6) is -0.137. The van der Waals surface area contributed by atoms with Gasteiger partial charge in [-0.1, -0.05) is 174 Å². The second-order valence-corrected chi connectivity index (χ2v) is 14.1. The molecule has 0 heterocycles. The van der Waals surface area contributed by atoms with Gasteiger partial charge in [-0.25, -0.2) is 0 Å². The minimum absolute atomic E-state index is 0.0257. The summed E-state index contributed by atoms with van der Waals surface area (Å²) in [5, 5.41) is 8.67. The smallest absolute Gasteiger partial charge is 0.306 e. The lowest BCUT2D eigenvalue weighted by atomic mass is 9.82. The molecule has 0 unspecified atom stereocenters. The average molecular weight is 638 g/mol. The Morgan fingerprint density at radius 3 is 1.20 bits per heavy atom. The molecule has 0 saturated heterocycles. The van der Waals surface area contributed by atoms with Gasteiger partial charge in [0.15, 0.2) is 0 Å². The van der Waals surface area contributed by atoms with Crippen LogP contribution in [-0.2, 0) is 14.3 Å². The highest BCUT2D eigenvalue weighted by molar-refractivity contribution is 5.70. The van der Waals surface area contributed by atoms with E-state index in [1.165, 1.54) is 161 Å². The molecule has 3 N–H and O–H groups in total. The molecule has 1 aliphatic rings. The number of carboxylic acid groups (broad SMARTS) is 1. The van der Waals surface area contributed by atoms with E-state index in [1.54, 1.807) is 0 Å². The second-order valence-electron chi connectivity index (χ2n) is 14.1. The molecule has 0 atom stereocenters. The zero-order chi connectivity index (χ0) is 33.1. The third-order valence-electron chi connectivity index (χ3n) is 9.77. The standard InChI is InChI=1S/C32H64O2.C8H15NO2/c1-3-5-7-9-11-13-15-17-19-21-23-25-27-29-31-34-32(33)30-28-26-24-22-20-18-16-14-12-10-8-6-4-2;9-5-6-1-3-7(4-2-6)8(10)11/h3-31H2,1-2H3;6-7H,1-5,9H2,(H,10,11). The fraction of sp³-hybridized carbons (Fsp3) is 0.950. The number of carbonyl (C=O) groups excluding carboxylic acids is 1. The number of hydrogen-bond acceptors (Lipinski definition) is 4. The van der Waals surface area contributed by atoms with Crippen LogP contribution in [0.1, 0.15) is 219 Å². The van der Waals surface area contributed by atoms with Crippen molar-refractivity contribution in [2.45, 2.75) is 219 Å². The summed E-state index contributed by atoms with van der Waals surface area (Å²) in [6.07, 6.45) is 40.8. The Morgan fingerprint density at radius 2 is 0.867 bits per heavy atom. The van der Waals surface area contributed by atoms with Crippen LogP contribution in [0.15, 0.2) is 0 Å². The topological polar surface area (TPSA) is 89.6 Å². The maximum atomic E-state index is 11.9. The zero-order valence-electron chi connectivity index (χ0n) is 30.4. The molecule has 0 aromatic carbocycles. The number of aliphatic carboxylic acids is 1. The van der Waals surface area contributed by atoms with E-state index in [4.69, 9.17) is 15.6 Å². The van der Waals surface area contributed by atoms with E-state index in [9.17, 15) is 9.59 Å². The van der Waals surface area contributed by atoms with Crippen molar-refractivity contribution in [1.82, 2.24) is 0 Å². The van der Waals surface area contributed by atoms with Crippen LogP contribution in [0.4, 0.5) is 0 Å². The normalized spacial score (nSPS) is 16.2. The van der Waals surface area contributed by atoms with E-state index in [0.29, 0.717) is 25.5 Å². The maximum absolute atomic E-state index is 11.9. The minimum Gasteiger partial charge on any atom is -0.481 e. The van der Waals surface area contributed by atoms with Crippen molar-refractivity contribution in [2.24, 2.45) is 17.6 Å². The molecule has 5 heteroatoms. The molecule has 1 fully saturated rings. The largest absolute Gasteiger partial charge is 0.481 e. The fourth-order valence-corrected chi connectivity index (χ4v) is 6.49. The Bertz CT molecular complexity index is 617. The van der Waals surface area contributed by atoms with Gasteiger partial charge in [0.1, 0.15) is 0 Å². The molecule has 0 aromatic rings. The number of rotatable bonds is 31. The first kappa shape index (κ1) is 43.9. The summed E-state index contributed by atoms with van der Waals surface area (Å²) < 4.78 is 5.42. The van der Waals surface area contributed by atoms with Crippen LogP contribution in [0.5, 0.6) is 0 Å². The van der Waals surface area contributed by atoms with Crippen molar-refractivity contribution in [1.29, 1.82) is 0 Å². The summed E-state index contributed by atoms with van der Waals surface area (Å²) in [7, 11) is 0. The van der Waals surface area contributed by atoms with Gasteiger partial charge >= 0.3 is 11.9 Å². The van der Waals surface area contributed by atoms with Gasteiger partial charge in [-0.05, 0) is 51.0 Å². The van der Waals surface area contributed by atoms with Crippen molar-refractivity contribution in [3.63, 3.8) is 0 Å². The zero-order valence-corrected chi connectivity index (χ0v) is 30.4. The van der Waals surface area contributed by atoms with Gasteiger partial charge in [0.05, 0.1) is 12.5 Å². The third-order valence-corrected chi connectivity index (χ3v) is 9.77. The highest BCUT2D eigenvalue weighted by atomic mass is 16.5. The number of unbranched alkanes of at least 4 members (excludes halogenated alkanes) is 25. The van der Waals surface area contributed by atoms with Crippen LogP contribution in [0.3, 0.4) is 0 Å². The van der Waals surface area contributed by atoms with E-state index in [2.05, 4.69) is 13.8 Å². The molecule has 5 nitrogen and oxygen atoms in total. The number of nitrogens with two attached hydrogens (primary N) is 1. The first-order chi connectivity index (χ1) is 22.0. The van der Waals surface area contributed by atoms with E-state index >= 15 is 0 Å². The van der Waals surface area contributed by atoms with Crippen molar-refractivity contribution in [3.8, 4) is 0 Å². The third kappa shape index (κ3) is 32.6. The lowest BCUT2D eigenvalue weighted by Gasteiger charge is -2.24. The van der Waals surface area contributed by atoms with Crippen molar-refractivity contribution in [2.75, 3.05) is 13.2 Å². The lowest BCUT2D eigenvalue weighted by molar-refractivity contribution is -0.144. The fourth-order valence-electron chi connectivity index (χ4n) is 6.49. The molecule has 0 bridgehead atoms. The SMILES string of the molecule is CCCCCCCCCCCCCCCCOC(=O)CCCCCCCCCCCCCCC.NCC1CCC(C(=O)O)CC1. The monoisotopic (exact) mass is 638 g/mol. The predicted octanol–water partition coefficient (Wildman–Crippen LogP) is 12.3. The van der Waals surface area contributed by atoms with E-state index in [1.807, 2.05) is 0 Å². The number of carbonyl (C=O) groups is 2. The number of ether oxygens (including phenoxy) is 1. The van der Waals surface area contributed by atoms with Crippen LogP contribution in [0.25, 0.3) is 0 Å².